The van der Waals surface area contributed by atoms with Gasteiger partial charge in [-0.2, -0.15) is 4.98 Å². The van der Waals surface area contributed by atoms with E-state index in [0.29, 0.717) is 5.56 Å². The van der Waals surface area contributed by atoms with Gasteiger partial charge in [0.25, 0.3) is 5.91 Å². The fourth-order valence-electron chi connectivity index (χ4n) is 3.48. The van der Waals surface area contributed by atoms with E-state index in [9.17, 15) is 4.79 Å². The van der Waals surface area contributed by atoms with Gasteiger partial charge in [-0.25, -0.2) is 4.98 Å². The van der Waals surface area contributed by atoms with E-state index in [1.807, 2.05) is 61.5 Å². The van der Waals surface area contributed by atoms with Crippen molar-refractivity contribution in [3.8, 4) is 0 Å². The van der Waals surface area contributed by atoms with Gasteiger partial charge in [0.15, 0.2) is 0 Å². The summed E-state index contributed by atoms with van der Waals surface area (Å²) in [4.78, 5) is 24.1. The first-order valence-corrected chi connectivity index (χ1v) is 11.2. The molecule has 2 aromatic carbocycles. The minimum atomic E-state index is -0.113. The van der Waals surface area contributed by atoms with E-state index >= 15 is 0 Å². The highest BCUT2D eigenvalue weighted by molar-refractivity contribution is 14.1. The number of hydrogen-bond donors (Lipinski definition) is 2. The van der Waals surface area contributed by atoms with Crippen molar-refractivity contribution in [2.75, 3.05) is 28.6 Å². The van der Waals surface area contributed by atoms with Gasteiger partial charge < -0.3 is 15.5 Å². The van der Waals surface area contributed by atoms with Crippen LogP contribution in [0.1, 0.15) is 35.3 Å². The van der Waals surface area contributed by atoms with E-state index in [0.717, 1.165) is 45.5 Å². The van der Waals surface area contributed by atoms with Crippen LogP contribution in [0.15, 0.2) is 54.6 Å². The molecule has 1 aliphatic heterocycles. The van der Waals surface area contributed by atoms with Crippen molar-refractivity contribution in [2.45, 2.75) is 26.2 Å². The Kier molecular flexibility index (Phi) is 6.47. The molecule has 1 fully saturated rings. The van der Waals surface area contributed by atoms with Gasteiger partial charge in [0.05, 0.1) is 5.56 Å². The number of rotatable bonds is 5. The lowest BCUT2D eigenvalue weighted by molar-refractivity contribution is 0.102. The van der Waals surface area contributed by atoms with Crippen molar-refractivity contribution < 1.29 is 4.79 Å². The molecule has 0 bridgehead atoms. The van der Waals surface area contributed by atoms with Crippen molar-refractivity contribution in [1.82, 2.24) is 9.97 Å². The number of carbonyl (C=O) groups excluding carboxylic acids is 1. The lowest BCUT2D eigenvalue weighted by atomic mass is 10.1. The first kappa shape index (κ1) is 20.6. The Labute approximate surface area is 190 Å². The zero-order chi connectivity index (χ0) is 20.9. The third-order valence-electron chi connectivity index (χ3n) is 5.01. The highest BCUT2D eigenvalue weighted by atomic mass is 127. The van der Waals surface area contributed by atoms with Crippen molar-refractivity contribution in [3.05, 3.63) is 69.4 Å². The monoisotopic (exact) mass is 513 g/mol. The number of hydrogen-bond acceptors (Lipinski definition) is 5. The number of nitrogens with zero attached hydrogens (tertiary/aromatic N) is 3. The summed E-state index contributed by atoms with van der Waals surface area (Å²) in [5.74, 6) is 1.45. The molecule has 0 saturated carbocycles. The molecule has 1 amide bonds. The second-order valence-electron chi connectivity index (χ2n) is 7.38. The predicted octanol–water partition coefficient (Wildman–Crippen LogP) is 5.38. The van der Waals surface area contributed by atoms with Gasteiger partial charge in [-0.15, -0.1) is 0 Å². The van der Waals surface area contributed by atoms with E-state index in [4.69, 9.17) is 4.98 Å². The summed E-state index contributed by atoms with van der Waals surface area (Å²) in [6, 6.07) is 17.1. The third kappa shape index (κ3) is 5.08. The number of anilines is 4. The van der Waals surface area contributed by atoms with Crippen LogP contribution in [0.25, 0.3) is 0 Å². The molecule has 4 rings (SSSR count). The van der Waals surface area contributed by atoms with E-state index < -0.39 is 0 Å². The molecule has 3 aromatic rings. The van der Waals surface area contributed by atoms with Crippen LogP contribution in [0.5, 0.6) is 0 Å². The van der Waals surface area contributed by atoms with Gasteiger partial charge in [-0.05, 0) is 85.2 Å². The third-order valence-corrected chi connectivity index (χ3v) is 5.96. The standard InChI is InChI=1S/C23H24IN5O/c1-16-15-21(28-23(25-16)29-13-5-2-6-14-29)26-17-9-11-18(12-10-17)27-22(30)19-7-3-4-8-20(19)24/h3-4,7-12,15H,2,5-6,13-14H2,1H3,(H,27,30)(H,25,26,28). The molecule has 0 spiro atoms. The summed E-state index contributed by atoms with van der Waals surface area (Å²) in [5, 5.41) is 6.30. The Morgan fingerprint density at radius 1 is 0.967 bits per heavy atom. The van der Waals surface area contributed by atoms with Crippen LogP contribution in [-0.2, 0) is 0 Å². The Bertz CT molecular complexity index is 1030. The Morgan fingerprint density at radius 3 is 2.40 bits per heavy atom. The quantitative estimate of drug-likeness (QED) is 0.449. The zero-order valence-corrected chi connectivity index (χ0v) is 19.0. The molecule has 2 heterocycles. The summed E-state index contributed by atoms with van der Waals surface area (Å²) in [6.45, 7) is 4.01. The lowest BCUT2D eigenvalue weighted by Crippen LogP contribution is -2.31. The molecule has 1 aromatic heterocycles. The summed E-state index contributed by atoms with van der Waals surface area (Å²) < 4.78 is 0.925. The molecule has 7 heteroatoms. The molecule has 30 heavy (non-hydrogen) atoms. The van der Waals surface area contributed by atoms with Crippen LogP contribution >= 0.6 is 22.6 Å². The predicted molar refractivity (Wildman–Crippen MR) is 130 cm³/mol. The van der Waals surface area contributed by atoms with Gasteiger partial charge in [0.1, 0.15) is 5.82 Å². The molecule has 0 unspecified atom stereocenters. The Balaban J connectivity index is 1.44. The van der Waals surface area contributed by atoms with Crippen LogP contribution in [0, 0.1) is 10.5 Å². The van der Waals surface area contributed by atoms with Crippen LogP contribution in [0.2, 0.25) is 0 Å². The van der Waals surface area contributed by atoms with Gasteiger partial charge in [0, 0.05) is 39.8 Å². The Hall–Kier alpha value is -2.68. The van der Waals surface area contributed by atoms with E-state index in [-0.39, 0.29) is 5.91 Å². The van der Waals surface area contributed by atoms with Crippen molar-refractivity contribution in [2.24, 2.45) is 0 Å². The molecule has 154 valence electrons. The number of nitrogens with one attached hydrogen (secondary N) is 2. The number of piperidine rings is 1. The fourth-order valence-corrected chi connectivity index (χ4v) is 4.11. The first-order valence-electron chi connectivity index (χ1n) is 10.1. The van der Waals surface area contributed by atoms with Gasteiger partial charge >= 0.3 is 0 Å². The zero-order valence-electron chi connectivity index (χ0n) is 16.9. The minimum absolute atomic E-state index is 0.113. The molecule has 1 saturated heterocycles. The van der Waals surface area contributed by atoms with Gasteiger partial charge in [-0.1, -0.05) is 12.1 Å². The number of aryl methyl sites for hydroxylation is 1. The summed E-state index contributed by atoms with van der Waals surface area (Å²) >= 11 is 2.17. The number of halogens is 1. The fraction of sp³-hybridized carbons (Fsp3) is 0.261. The maximum absolute atomic E-state index is 12.5. The van der Waals surface area contributed by atoms with E-state index in [2.05, 4.69) is 43.1 Å². The first-order chi connectivity index (χ1) is 14.6. The second kappa shape index (κ2) is 9.42. The average Bonchev–Trinajstić information content (AvgIpc) is 2.75. The average molecular weight is 513 g/mol. The number of benzene rings is 2. The molecule has 1 aliphatic rings. The molecule has 6 nitrogen and oxygen atoms in total. The summed E-state index contributed by atoms with van der Waals surface area (Å²) in [7, 11) is 0. The molecule has 0 atom stereocenters. The second-order valence-corrected chi connectivity index (χ2v) is 8.54. The highest BCUT2D eigenvalue weighted by Gasteiger charge is 2.15. The van der Waals surface area contributed by atoms with Crippen LogP contribution in [0.3, 0.4) is 0 Å². The Morgan fingerprint density at radius 2 is 1.67 bits per heavy atom. The van der Waals surface area contributed by atoms with Crippen LogP contribution in [0.4, 0.5) is 23.1 Å². The minimum Gasteiger partial charge on any atom is -0.341 e. The largest absolute Gasteiger partial charge is 0.341 e. The molecular formula is C23H24IN5O. The highest BCUT2D eigenvalue weighted by Crippen LogP contribution is 2.22. The van der Waals surface area contributed by atoms with Crippen LogP contribution in [-0.4, -0.2) is 29.0 Å². The molecular weight excluding hydrogens is 489 g/mol. The van der Waals surface area contributed by atoms with E-state index in [1.165, 1.54) is 19.3 Å². The summed E-state index contributed by atoms with van der Waals surface area (Å²) in [6.07, 6.45) is 3.66. The lowest BCUT2D eigenvalue weighted by Gasteiger charge is -2.27. The topological polar surface area (TPSA) is 70.2 Å². The maximum Gasteiger partial charge on any atom is 0.256 e. The van der Waals surface area contributed by atoms with Crippen molar-refractivity contribution in [1.29, 1.82) is 0 Å². The van der Waals surface area contributed by atoms with Gasteiger partial charge in [0.2, 0.25) is 5.95 Å². The molecule has 0 aliphatic carbocycles. The maximum atomic E-state index is 12.5. The van der Waals surface area contributed by atoms with Crippen LogP contribution < -0.4 is 15.5 Å². The normalized spacial score (nSPS) is 13.7. The smallest absolute Gasteiger partial charge is 0.256 e. The SMILES string of the molecule is Cc1cc(Nc2ccc(NC(=O)c3ccccc3I)cc2)nc(N2CCCCC2)n1. The van der Waals surface area contributed by atoms with Crippen molar-refractivity contribution in [3.63, 3.8) is 0 Å². The molecule has 0 radical (unpaired) electrons. The number of amides is 1. The van der Waals surface area contributed by atoms with Gasteiger partial charge in [-0.3, -0.25) is 4.79 Å². The summed E-state index contributed by atoms with van der Waals surface area (Å²) in [5.41, 5.74) is 3.26. The number of carbonyl (C=O) groups is 1. The van der Waals surface area contributed by atoms with E-state index in [1.54, 1.807) is 0 Å². The number of aromatic nitrogens is 2. The van der Waals surface area contributed by atoms with Crippen molar-refractivity contribution >= 4 is 51.6 Å². The molecule has 2 N–H and O–H groups in total.